The zero-order valence-corrected chi connectivity index (χ0v) is 9.09. The molecule has 1 rings (SSSR count). The summed E-state index contributed by atoms with van der Waals surface area (Å²) in [5.74, 6) is 0. The summed E-state index contributed by atoms with van der Waals surface area (Å²) in [5.41, 5.74) is -0.0654. The Morgan fingerprint density at radius 3 is 2.62 bits per heavy atom. The van der Waals surface area contributed by atoms with Crippen molar-refractivity contribution in [1.82, 2.24) is 5.32 Å². The molecule has 78 valence electrons. The Kier molecular flexibility index (Phi) is 3.71. The molecule has 0 radical (unpaired) electrons. The Balaban J connectivity index is 2.21. The van der Waals surface area contributed by atoms with Crippen molar-refractivity contribution in [3.8, 4) is 0 Å². The highest BCUT2D eigenvalue weighted by atomic mass is 16.5. The van der Waals surface area contributed by atoms with Crippen LogP contribution in [0.15, 0.2) is 0 Å². The van der Waals surface area contributed by atoms with Crippen LogP contribution in [-0.2, 0) is 9.47 Å². The zero-order chi connectivity index (χ0) is 9.90. The summed E-state index contributed by atoms with van der Waals surface area (Å²) in [6, 6.07) is 0. The fourth-order valence-electron chi connectivity index (χ4n) is 1.31. The molecular formula is C10H21NO2. The van der Waals surface area contributed by atoms with Gasteiger partial charge in [0.1, 0.15) is 0 Å². The Bertz CT molecular complexity index is 153. The molecule has 13 heavy (non-hydrogen) atoms. The molecular weight excluding hydrogens is 166 g/mol. The lowest BCUT2D eigenvalue weighted by Crippen LogP contribution is -2.46. The highest BCUT2D eigenvalue weighted by Gasteiger charge is 2.21. The van der Waals surface area contributed by atoms with Gasteiger partial charge in [0.2, 0.25) is 0 Å². The van der Waals surface area contributed by atoms with Gasteiger partial charge >= 0.3 is 0 Å². The fraction of sp³-hybridized carbons (Fsp3) is 1.00. The van der Waals surface area contributed by atoms with E-state index in [0.29, 0.717) is 12.7 Å². The minimum Gasteiger partial charge on any atom is -0.373 e. The maximum atomic E-state index is 5.69. The third kappa shape index (κ3) is 4.60. The molecule has 0 aliphatic carbocycles. The number of hydrogen-bond donors (Lipinski definition) is 1. The van der Waals surface area contributed by atoms with Gasteiger partial charge in [0, 0.05) is 13.1 Å². The first-order chi connectivity index (χ1) is 5.97. The Labute approximate surface area is 80.8 Å². The number of nitrogens with one attached hydrogen (secondary N) is 1. The summed E-state index contributed by atoms with van der Waals surface area (Å²) < 4.78 is 11.3. The maximum Gasteiger partial charge on any atom is 0.0937 e. The van der Waals surface area contributed by atoms with Crippen molar-refractivity contribution < 1.29 is 9.47 Å². The summed E-state index contributed by atoms with van der Waals surface area (Å²) in [4.78, 5) is 0. The third-order valence-electron chi connectivity index (χ3n) is 1.93. The standard InChI is InChI=1S/C10H21NO2/c1-8-5-11-6-9(13-8)7-12-10(2,3)4/h8-9,11H,5-7H2,1-4H3. The second kappa shape index (κ2) is 4.40. The van der Waals surface area contributed by atoms with Crippen LogP contribution in [0.1, 0.15) is 27.7 Å². The molecule has 1 N–H and O–H groups in total. The van der Waals surface area contributed by atoms with Crippen LogP contribution in [0.4, 0.5) is 0 Å². The van der Waals surface area contributed by atoms with Crippen molar-refractivity contribution in [1.29, 1.82) is 0 Å². The van der Waals surface area contributed by atoms with E-state index in [2.05, 4.69) is 33.0 Å². The first-order valence-electron chi connectivity index (χ1n) is 4.97. The fourth-order valence-corrected chi connectivity index (χ4v) is 1.31. The monoisotopic (exact) mass is 187 g/mol. The normalized spacial score (nSPS) is 30.5. The number of morpholine rings is 1. The summed E-state index contributed by atoms with van der Waals surface area (Å²) >= 11 is 0. The molecule has 3 heteroatoms. The molecule has 0 aromatic rings. The molecule has 1 aliphatic heterocycles. The van der Waals surface area contributed by atoms with Gasteiger partial charge in [-0.1, -0.05) is 0 Å². The third-order valence-corrected chi connectivity index (χ3v) is 1.93. The Morgan fingerprint density at radius 2 is 2.08 bits per heavy atom. The van der Waals surface area contributed by atoms with Crippen LogP contribution in [0.25, 0.3) is 0 Å². The van der Waals surface area contributed by atoms with E-state index < -0.39 is 0 Å². The minimum absolute atomic E-state index is 0.0654. The van der Waals surface area contributed by atoms with Crippen molar-refractivity contribution in [2.24, 2.45) is 0 Å². The maximum absolute atomic E-state index is 5.69. The van der Waals surface area contributed by atoms with Gasteiger partial charge < -0.3 is 14.8 Å². The molecule has 0 saturated carbocycles. The van der Waals surface area contributed by atoms with Crippen LogP contribution in [0.2, 0.25) is 0 Å². The minimum atomic E-state index is -0.0654. The Morgan fingerprint density at radius 1 is 1.38 bits per heavy atom. The first-order valence-corrected chi connectivity index (χ1v) is 4.97. The summed E-state index contributed by atoms with van der Waals surface area (Å²) in [6.45, 7) is 10.8. The van der Waals surface area contributed by atoms with Gasteiger partial charge in [-0.2, -0.15) is 0 Å². The zero-order valence-electron chi connectivity index (χ0n) is 9.09. The van der Waals surface area contributed by atoms with E-state index >= 15 is 0 Å². The van der Waals surface area contributed by atoms with Gasteiger partial charge in [-0.25, -0.2) is 0 Å². The van der Waals surface area contributed by atoms with E-state index in [0.717, 1.165) is 13.1 Å². The van der Waals surface area contributed by atoms with E-state index in [1.807, 2.05) is 0 Å². The van der Waals surface area contributed by atoms with Gasteiger partial charge in [-0.15, -0.1) is 0 Å². The van der Waals surface area contributed by atoms with Crippen LogP contribution in [0.3, 0.4) is 0 Å². The predicted molar refractivity (Wildman–Crippen MR) is 52.9 cm³/mol. The molecule has 1 saturated heterocycles. The van der Waals surface area contributed by atoms with Gasteiger partial charge in [0.15, 0.2) is 0 Å². The number of rotatable bonds is 2. The van der Waals surface area contributed by atoms with Gasteiger partial charge in [-0.05, 0) is 27.7 Å². The molecule has 1 heterocycles. The molecule has 0 spiro atoms. The van der Waals surface area contributed by atoms with E-state index in [9.17, 15) is 0 Å². The van der Waals surface area contributed by atoms with Crippen LogP contribution < -0.4 is 5.32 Å². The highest BCUT2D eigenvalue weighted by molar-refractivity contribution is 4.72. The van der Waals surface area contributed by atoms with E-state index in [1.54, 1.807) is 0 Å². The first kappa shape index (κ1) is 11.0. The SMILES string of the molecule is CC1CNCC(COC(C)(C)C)O1. The van der Waals surface area contributed by atoms with Crippen LogP contribution in [0.5, 0.6) is 0 Å². The van der Waals surface area contributed by atoms with Crippen LogP contribution >= 0.6 is 0 Å². The van der Waals surface area contributed by atoms with E-state index in [4.69, 9.17) is 9.47 Å². The predicted octanol–water partition coefficient (Wildman–Crippen LogP) is 1.18. The molecule has 0 amide bonds. The van der Waals surface area contributed by atoms with Crippen molar-refractivity contribution >= 4 is 0 Å². The van der Waals surface area contributed by atoms with Crippen molar-refractivity contribution in [3.63, 3.8) is 0 Å². The largest absolute Gasteiger partial charge is 0.373 e. The molecule has 2 unspecified atom stereocenters. The summed E-state index contributed by atoms with van der Waals surface area (Å²) in [5, 5.41) is 3.32. The van der Waals surface area contributed by atoms with Gasteiger partial charge in [0.25, 0.3) is 0 Å². The average molecular weight is 187 g/mol. The van der Waals surface area contributed by atoms with Crippen molar-refractivity contribution in [3.05, 3.63) is 0 Å². The van der Waals surface area contributed by atoms with Crippen molar-refractivity contribution in [2.75, 3.05) is 19.7 Å². The summed E-state index contributed by atoms with van der Waals surface area (Å²) in [7, 11) is 0. The van der Waals surface area contributed by atoms with Gasteiger partial charge in [-0.3, -0.25) is 0 Å². The second-order valence-corrected chi connectivity index (χ2v) is 4.65. The molecule has 0 aromatic carbocycles. The van der Waals surface area contributed by atoms with E-state index in [1.165, 1.54) is 0 Å². The quantitative estimate of drug-likeness (QED) is 0.704. The molecule has 0 bridgehead atoms. The Hall–Kier alpha value is -0.120. The lowest BCUT2D eigenvalue weighted by Gasteiger charge is -2.31. The molecule has 1 fully saturated rings. The average Bonchev–Trinajstić information content (AvgIpc) is 2.00. The topological polar surface area (TPSA) is 30.5 Å². The molecule has 2 atom stereocenters. The number of hydrogen-bond acceptors (Lipinski definition) is 3. The molecule has 3 nitrogen and oxygen atoms in total. The lowest BCUT2D eigenvalue weighted by atomic mass is 10.2. The van der Waals surface area contributed by atoms with E-state index in [-0.39, 0.29) is 11.7 Å². The number of ether oxygens (including phenoxy) is 2. The molecule has 1 aliphatic rings. The smallest absolute Gasteiger partial charge is 0.0937 e. The van der Waals surface area contributed by atoms with Crippen LogP contribution in [0, 0.1) is 0 Å². The van der Waals surface area contributed by atoms with Crippen molar-refractivity contribution in [2.45, 2.75) is 45.5 Å². The summed E-state index contributed by atoms with van der Waals surface area (Å²) in [6.07, 6.45) is 0.519. The van der Waals surface area contributed by atoms with Gasteiger partial charge in [0.05, 0.1) is 24.4 Å². The van der Waals surface area contributed by atoms with Crippen LogP contribution in [-0.4, -0.2) is 37.5 Å². The molecule has 0 aromatic heterocycles. The lowest BCUT2D eigenvalue weighted by molar-refractivity contribution is -0.103. The second-order valence-electron chi connectivity index (χ2n) is 4.65. The highest BCUT2D eigenvalue weighted by Crippen LogP contribution is 2.10.